The predicted molar refractivity (Wildman–Crippen MR) is 80.9 cm³/mol. The van der Waals surface area contributed by atoms with Gasteiger partial charge in [0.1, 0.15) is 5.76 Å². The smallest absolute Gasteiger partial charge is 0.305 e. The standard InChI is InChI=1S/C15H16BrNO3/c1-11(13-7-8-14(16)20-13)17(10-9-15(18)19)12-5-3-2-4-6-12/h2-8,11H,9-10H2,1H3,(H,18,19). The van der Waals surface area contributed by atoms with Crippen LogP contribution in [0.3, 0.4) is 0 Å². The molecule has 1 aromatic carbocycles. The Labute approximate surface area is 126 Å². The second-order valence-corrected chi connectivity index (χ2v) is 5.27. The Kier molecular flexibility index (Phi) is 4.84. The highest BCUT2D eigenvalue weighted by Gasteiger charge is 2.20. The maximum atomic E-state index is 10.8. The van der Waals surface area contributed by atoms with Crippen LogP contribution in [0.5, 0.6) is 0 Å². The summed E-state index contributed by atoms with van der Waals surface area (Å²) in [4.78, 5) is 12.9. The third kappa shape index (κ3) is 3.63. The number of rotatable bonds is 6. The van der Waals surface area contributed by atoms with Gasteiger partial charge in [-0.25, -0.2) is 0 Å². The van der Waals surface area contributed by atoms with Gasteiger partial charge in [0.15, 0.2) is 4.67 Å². The van der Waals surface area contributed by atoms with Crippen molar-refractivity contribution in [1.29, 1.82) is 0 Å². The first-order valence-electron chi connectivity index (χ1n) is 6.36. The fourth-order valence-corrected chi connectivity index (χ4v) is 2.41. The number of carboxylic acids is 1. The summed E-state index contributed by atoms with van der Waals surface area (Å²) in [5, 5.41) is 8.91. The van der Waals surface area contributed by atoms with Gasteiger partial charge in [-0.15, -0.1) is 0 Å². The zero-order valence-corrected chi connectivity index (χ0v) is 12.7. The van der Waals surface area contributed by atoms with Gasteiger partial charge in [-0.3, -0.25) is 4.79 Å². The lowest BCUT2D eigenvalue weighted by atomic mass is 10.1. The monoisotopic (exact) mass is 337 g/mol. The van der Waals surface area contributed by atoms with E-state index >= 15 is 0 Å². The summed E-state index contributed by atoms with van der Waals surface area (Å²) in [6, 6.07) is 13.4. The highest BCUT2D eigenvalue weighted by atomic mass is 79.9. The van der Waals surface area contributed by atoms with Crippen LogP contribution in [0.2, 0.25) is 0 Å². The minimum Gasteiger partial charge on any atom is -0.481 e. The summed E-state index contributed by atoms with van der Waals surface area (Å²) in [7, 11) is 0. The fourth-order valence-electron chi connectivity index (χ4n) is 2.09. The number of carbonyl (C=O) groups is 1. The molecule has 1 unspecified atom stereocenters. The highest BCUT2D eigenvalue weighted by Crippen LogP contribution is 2.29. The molecule has 0 saturated heterocycles. The molecule has 106 valence electrons. The topological polar surface area (TPSA) is 53.7 Å². The third-order valence-electron chi connectivity index (χ3n) is 3.13. The number of benzene rings is 1. The van der Waals surface area contributed by atoms with Gasteiger partial charge in [0.2, 0.25) is 0 Å². The number of carboxylic acid groups (broad SMARTS) is 1. The molecule has 2 aromatic rings. The van der Waals surface area contributed by atoms with Gasteiger partial charge in [0.25, 0.3) is 0 Å². The van der Waals surface area contributed by atoms with Crippen molar-refractivity contribution < 1.29 is 14.3 Å². The minimum absolute atomic E-state index is 0.0388. The van der Waals surface area contributed by atoms with E-state index in [2.05, 4.69) is 15.9 Å². The Morgan fingerprint density at radius 2 is 2.00 bits per heavy atom. The second kappa shape index (κ2) is 6.61. The first-order chi connectivity index (χ1) is 9.58. The lowest BCUT2D eigenvalue weighted by Crippen LogP contribution is -2.29. The Balaban J connectivity index is 2.23. The predicted octanol–water partition coefficient (Wildman–Crippen LogP) is 4.08. The summed E-state index contributed by atoms with van der Waals surface area (Å²) in [5.41, 5.74) is 0.980. The number of hydrogen-bond donors (Lipinski definition) is 1. The molecule has 0 radical (unpaired) electrons. The largest absolute Gasteiger partial charge is 0.481 e. The van der Waals surface area contributed by atoms with Crippen molar-refractivity contribution in [1.82, 2.24) is 0 Å². The maximum Gasteiger partial charge on any atom is 0.305 e. The molecule has 2 rings (SSSR count). The SMILES string of the molecule is CC(c1ccc(Br)o1)N(CCC(=O)O)c1ccccc1. The van der Waals surface area contributed by atoms with Crippen LogP contribution in [0, 0.1) is 0 Å². The molecule has 0 spiro atoms. The molecule has 0 aliphatic heterocycles. The van der Waals surface area contributed by atoms with E-state index in [4.69, 9.17) is 9.52 Å². The molecule has 0 fully saturated rings. The quantitative estimate of drug-likeness (QED) is 0.862. The zero-order chi connectivity index (χ0) is 14.5. The average Bonchev–Trinajstić information content (AvgIpc) is 2.86. The van der Waals surface area contributed by atoms with Crippen LogP contribution in [0.15, 0.2) is 51.6 Å². The zero-order valence-electron chi connectivity index (χ0n) is 11.1. The molecule has 1 N–H and O–H groups in total. The van der Waals surface area contributed by atoms with Crippen LogP contribution in [0.4, 0.5) is 5.69 Å². The number of hydrogen-bond acceptors (Lipinski definition) is 3. The molecule has 0 bridgehead atoms. The summed E-state index contributed by atoms with van der Waals surface area (Å²) in [5.74, 6) is -0.00938. The Morgan fingerprint density at radius 3 is 2.55 bits per heavy atom. The minimum atomic E-state index is -0.807. The fraction of sp³-hybridized carbons (Fsp3) is 0.267. The van der Waals surface area contributed by atoms with Crippen LogP contribution in [0.25, 0.3) is 0 Å². The number of furan rings is 1. The van der Waals surface area contributed by atoms with Gasteiger partial charge in [0, 0.05) is 12.2 Å². The van der Waals surface area contributed by atoms with Crippen molar-refractivity contribution in [3.05, 3.63) is 52.9 Å². The molecule has 5 heteroatoms. The van der Waals surface area contributed by atoms with E-state index in [9.17, 15) is 4.79 Å². The van der Waals surface area contributed by atoms with E-state index in [1.165, 1.54) is 0 Å². The van der Waals surface area contributed by atoms with Crippen LogP contribution in [0.1, 0.15) is 25.1 Å². The molecule has 0 aliphatic carbocycles. The number of para-hydroxylation sites is 1. The number of anilines is 1. The molecule has 1 aromatic heterocycles. The lowest BCUT2D eigenvalue weighted by molar-refractivity contribution is -0.136. The molecular formula is C15H16BrNO3. The summed E-state index contributed by atoms with van der Waals surface area (Å²) in [6.07, 6.45) is 0.0844. The van der Waals surface area contributed by atoms with Crippen molar-refractivity contribution in [3.8, 4) is 0 Å². The molecule has 20 heavy (non-hydrogen) atoms. The third-order valence-corrected chi connectivity index (χ3v) is 3.55. The molecule has 1 heterocycles. The summed E-state index contributed by atoms with van der Waals surface area (Å²) >= 11 is 3.29. The van der Waals surface area contributed by atoms with Crippen molar-refractivity contribution in [2.75, 3.05) is 11.4 Å². The van der Waals surface area contributed by atoms with E-state index in [1.54, 1.807) is 0 Å². The van der Waals surface area contributed by atoms with Crippen molar-refractivity contribution in [2.24, 2.45) is 0 Å². The van der Waals surface area contributed by atoms with Gasteiger partial charge >= 0.3 is 5.97 Å². The van der Waals surface area contributed by atoms with Crippen LogP contribution in [-0.2, 0) is 4.79 Å². The first-order valence-corrected chi connectivity index (χ1v) is 7.16. The second-order valence-electron chi connectivity index (χ2n) is 4.49. The van der Waals surface area contributed by atoms with Gasteiger partial charge in [-0.2, -0.15) is 0 Å². The van der Waals surface area contributed by atoms with Crippen molar-refractivity contribution in [3.63, 3.8) is 0 Å². The maximum absolute atomic E-state index is 10.8. The van der Waals surface area contributed by atoms with Gasteiger partial charge in [-0.05, 0) is 47.1 Å². The van der Waals surface area contributed by atoms with E-state index in [-0.39, 0.29) is 12.5 Å². The van der Waals surface area contributed by atoms with E-state index in [1.807, 2.05) is 54.3 Å². The van der Waals surface area contributed by atoms with Gasteiger partial charge < -0.3 is 14.4 Å². The Bertz CT molecular complexity index is 568. The lowest BCUT2D eigenvalue weighted by Gasteiger charge is -2.29. The van der Waals surface area contributed by atoms with Crippen molar-refractivity contribution >= 4 is 27.6 Å². The average molecular weight is 338 g/mol. The van der Waals surface area contributed by atoms with Crippen molar-refractivity contribution in [2.45, 2.75) is 19.4 Å². The normalized spacial score (nSPS) is 12.1. The highest BCUT2D eigenvalue weighted by molar-refractivity contribution is 9.10. The molecule has 4 nitrogen and oxygen atoms in total. The molecule has 1 atom stereocenters. The summed E-state index contributed by atoms with van der Waals surface area (Å²) < 4.78 is 6.25. The molecule has 0 saturated carbocycles. The molecule has 0 aliphatic rings. The number of aliphatic carboxylic acids is 1. The van der Waals surface area contributed by atoms with E-state index in [0.717, 1.165) is 11.4 Å². The van der Waals surface area contributed by atoms with E-state index in [0.29, 0.717) is 11.2 Å². The molecular weight excluding hydrogens is 322 g/mol. The molecule has 0 amide bonds. The van der Waals surface area contributed by atoms with E-state index < -0.39 is 5.97 Å². The number of nitrogens with zero attached hydrogens (tertiary/aromatic N) is 1. The Morgan fingerprint density at radius 1 is 1.30 bits per heavy atom. The summed E-state index contributed by atoms with van der Waals surface area (Å²) in [6.45, 7) is 2.43. The van der Waals surface area contributed by atoms with Crippen LogP contribution >= 0.6 is 15.9 Å². The van der Waals surface area contributed by atoms with Crippen LogP contribution in [-0.4, -0.2) is 17.6 Å². The van der Waals surface area contributed by atoms with Crippen LogP contribution < -0.4 is 4.90 Å². The first kappa shape index (κ1) is 14.7. The Hall–Kier alpha value is -1.75. The number of halogens is 1. The van der Waals surface area contributed by atoms with Gasteiger partial charge in [-0.1, -0.05) is 18.2 Å². The van der Waals surface area contributed by atoms with Gasteiger partial charge in [0.05, 0.1) is 12.5 Å².